The van der Waals surface area contributed by atoms with Gasteiger partial charge in [0.05, 0.1) is 32.1 Å². The van der Waals surface area contributed by atoms with Gasteiger partial charge >= 0.3 is 5.97 Å². The lowest BCUT2D eigenvalue weighted by molar-refractivity contribution is -0.116. The lowest BCUT2D eigenvalue weighted by Crippen LogP contribution is -2.22. The lowest BCUT2D eigenvalue weighted by Gasteiger charge is -2.07. The van der Waals surface area contributed by atoms with Crippen molar-refractivity contribution >= 4 is 41.3 Å². The van der Waals surface area contributed by atoms with Gasteiger partial charge in [0.15, 0.2) is 22.5 Å². The summed E-state index contributed by atoms with van der Waals surface area (Å²) in [5.41, 5.74) is 1.25. The SMILES string of the molecule is COc1ccc(C=CC(=O)NCc2nnc(SCC(=O)Nc3cccc(C(=O)O)c3)n2C)cc1OC. The van der Waals surface area contributed by atoms with Crippen LogP contribution in [-0.4, -0.2) is 57.6 Å². The molecule has 0 atom stereocenters. The van der Waals surface area contributed by atoms with Gasteiger partial charge in [-0.15, -0.1) is 10.2 Å². The van der Waals surface area contributed by atoms with E-state index >= 15 is 0 Å². The molecule has 0 fully saturated rings. The van der Waals surface area contributed by atoms with E-state index < -0.39 is 5.97 Å². The smallest absolute Gasteiger partial charge is 0.335 e. The van der Waals surface area contributed by atoms with Crippen molar-refractivity contribution in [1.82, 2.24) is 20.1 Å². The molecule has 188 valence electrons. The topological polar surface area (TPSA) is 145 Å². The third-order valence-electron chi connectivity index (χ3n) is 4.91. The zero-order chi connectivity index (χ0) is 26.1. The van der Waals surface area contributed by atoms with Gasteiger partial charge < -0.3 is 29.8 Å². The summed E-state index contributed by atoms with van der Waals surface area (Å²) in [6.45, 7) is 0.146. The number of nitrogens with one attached hydrogen (secondary N) is 2. The maximum absolute atomic E-state index is 12.2. The van der Waals surface area contributed by atoms with Crippen molar-refractivity contribution in [1.29, 1.82) is 0 Å². The van der Waals surface area contributed by atoms with Gasteiger partial charge in [0.2, 0.25) is 11.8 Å². The first-order chi connectivity index (χ1) is 17.3. The highest BCUT2D eigenvalue weighted by molar-refractivity contribution is 7.99. The van der Waals surface area contributed by atoms with Crippen molar-refractivity contribution < 1.29 is 29.0 Å². The van der Waals surface area contributed by atoms with E-state index in [0.29, 0.717) is 28.2 Å². The number of carbonyl (C=O) groups excluding carboxylic acids is 2. The van der Waals surface area contributed by atoms with Crippen LogP contribution >= 0.6 is 11.8 Å². The Balaban J connectivity index is 1.50. The van der Waals surface area contributed by atoms with Crippen LogP contribution in [0.15, 0.2) is 53.7 Å². The molecular weight excluding hydrogens is 486 g/mol. The molecular formula is C24H25N5O6S. The molecule has 3 N–H and O–H groups in total. The number of aromatic nitrogens is 3. The van der Waals surface area contributed by atoms with Crippen LogP contribution in [-0.2, 0) is 23.2 Å². The standard InChI is InChI=1S/C24H25N5O6S/c1-29-20(13-25-21(30)10-8-15-7-9-18(34-2)19(11-15)35-3)27-28-24(29)36-14-22(31)26-17-6-4-5-16(12-17)23(32)33/h4-12H,13-14H2,1-3H3,(H,25,30)(H,26,31)(H,32,33). The summed E-state index contributed by atoms with van der Waals surface area (Å²) in [6.07, 6.45) is 3.05. The molecule has 3 rings (SSSR count). The predicted molar refractivity (Wildman–Crippen MR) is 134 cm³/mol. The Labute approximate surface area is 211 Å². The molecule has 2 amide bonds. The molecule has 0 bridgehead atoms. The number of hydrogen-bond acceptors (Lipinski definition) is 8. The van der Waals surface area contributed by atoms with Crippen molar-refractivity contribution in [3.63, 3.8) is 0 Å². The first-order valence-electron chi connectivity index (χ1n) is 10.6. The molecule has 36 heavy (non-hydrogen) atoms. The minimum atomic E-state index is -1.07. The average Bonchev–Trinajstić information content (AvgIpc) is 3.23. The Hall–Kier alpha value is -4.32. The summed E-state index contributed by atoms with van der Waals surface area (Å²) in [5, 5.41) is 23.1. The Bertz CT molecular complexity index is 1290. The highest BCUT2D eigenvalue weighted by atomic mass is 32.2. The molecule has 0 aliphatic heterocycles. The largest absolute Gasteiger partial charge is 0.493 e. The van der Waals surface area contributed by atoms with Crippen LogP contribution in [0.5, 0.6) is 11.5 Å². The van der Waals surface area contributed by atoms with Gasteiger partial charge in [-0.1, -0.05) is 23.9 Å². The van der Waals surface area contributed by atoms with Gasteiger partial charge in [0.25, 0.3) is 0 Å². The summed E-state index contributed by atoms with van der Waals surface area (Å²) < 4.78 is 12.1. The molecule has 1 heterocycles. The number of aromatic carboxylic acids is 1. The summed E-state index contributed by atoms with van der Waals surface area (Å²) in [5.74, 6) is 0.0109. The van der Waals surface area contributed by atoms with Crippen LogP contribution in [0.25, 0.3) is 6.08 Å². The zero-order valence-electron chi connectivity index (χ0n) is 19.8. The molecule has 0 aliphatic rings. The zero-order valence-corrected chi connectivity index (χ0v) is 20.7. The van der Waals surface area contributed by atoms with Gasteiger partial charge in [-0.2, -0.15) is 0 Å². The van der Waals surface area contributed by atoms with Gasteiger partial charge in [-0.25, -0.2) is 4.79 Å². The number of anilines is 1. The van der Waals surface area contributed by atoms with E-state index in [1.54, 1.807) is 55.1 Å². The number of methoxy groups -OCH3 is 2. The Morgan fingerprint density at radius 1 is 1.08 bits per heavy atom. The molecule has 2 aromatic carbocycles. The molecule has 0 saturated carbocycles. The molecule has 0 aliphatic carbocycles. The molecule has 11 nitrogen and oxygen atoms in total. The minimum absolute atomic E-state index is 0.0453. The maximum atomic E-state index is 12.2. The first-order valence-corrected chi connectivity index (χ1v) is 11.6. The Morgan fingerprint density at radius 2 is 1.86 bits per heavy atom. The summed E-state index contributed by atoms with van der Waals surface area (Å²) in [7, 11) is 4.82. The lowest BCUT2D eigenvalue weighted by atomic mass is 10.2. The second-order valence-corrected chi connectivity index (χ2v) is 8.29. The van der Waals surface area contributed by atoms with Crippen molar-refractivity contribution in [2.75, 3.05) is 25.3 Å². The van der Waals surface area contributed by atoms with Crippen molar-refractivity contribution in [2.24, 2.45) is 7.05 Å². The highest BCUT2D eigenvalue weighted by Crippen LogP contribution is 2.28. The van der Waals surface area contributed by atoms with Crippen molar-refractivity contribution in [3.8, 4) is 11.5 Å². The molecule has 0 unspecified atom stereocenters. The van der Waals surface area contributed by atoms with E-state index in [2.05, 4.69) is 20.8 Å². The number of thioether (sulfide) groups is 1. The van der Waals surface area contributed by atoms with Crippen molar-refractivity contribution in [2.45, 2.75) is 11.7 Å². The number of rotatable bonds is 11. The van der Waals surface area contributed by atoms with E-state index in [4.69, 9.17) is 14.6 Å². The molecule has 1 aromatic heterocycles. The van der Waals surface area contributed by atoms with E-state index in [-0.39, 0.29) is 29.7 Å². The Morgan fingerprint density at radius 3 is 2.58 bits per heavy atom. The number of carbonyl (C=O) groups is 3. The van der Waals surface area contributed by atoms with Gasteiger partial charge in [-0.3, -0.25) is 9.59 Å². The molecule has 12 heteroatoms. The fourth-order valence-electron chi connectivity index (χ4n) is 3.04. The minimum Gasteiger partial charge on any atom is -0.493 e. The van der Waals surface area contributed by atoms with Crippen LogP contribution in [0.1, 0.15) is 21.7 Å². The van der Waals surface area contributed by atoms with Crippen molar-refractivity contribution in [3.05, 3.63) is 65.5 Å². The average molecular weight is 512 g/mol. The number of carboxylic acids is 1. The Kier molecular flexibility index (Phi) is 9.06. The van der Waals surface area contributed by atoms with Crippen LogP contribution in [0, 0.1) is 0 Å². The number of ether oxygens (including phenoxy) is 2. The highest BCUT2D eigenvalue weighted by Gasteiger charge is 2.13. The van der Waals surface area contributed by atoms with Gasteiger partial charge in [0.1, 0.15) is 0 Å². The molecule has 0 spiro atoms. The molecule has 0 radical (unpaired) electrons. The quantitative estimate of drug-likeness (QED) is 0.261. The molecule has 3 aromatic rings. The fraction of sp³-hybridized carbons (Fsp3) is 0.208. The van der Waals surface area contributed by atoms with Crippen LogP contribution in [0.3, 0.4) is 0 Å². The van der Waals surface area contributed by atoms with Gasteiger partial charge in [0, 0.05) is 18.8 Å². The fourth-order valence-corrected chi connectivity index (χ4v) is 3.77. The predicted octanol–water partition coefficient (Wildman–Crippen LogP) is 2.59. The third kappa shape index (κ3) is 7.09. The summed E-state index contributed by atoms with van der Waals surface area (Å²) >= 11 is 1.17. The van der Waals surface area contributed by atoms with E-state index in [1.807, 2.05) is 0 Å². The monoisotopic (exact) mass is 511 g/mol. The van der Waals surface area contributed by atoms with E-state index in [1.165, 1.54) is 37.1 Å². The molecule has 0 saturated heterocycles. The third-order valence-corrected chi connectivity index (χ3v) is 5.93. The normalized spacial score (nSPS) is 10.8. The van der Waals surface area contributed by atoms with E-state index in [0.717, 1.165) is 5.56 Å². The number of carboxylic acid groups (broad SMARTS) is 1. The van der Waals surface area contributed by atoms with Crippen LogP contribution in [0.4, 0.5) is 5.69 Å². The van der Waals surface area contributed by atoms with Crippen LogP contribution < -0.4 is 20.1 Å². The number of hydrogen-bond donors (Lipinski definition) is 3. The first kappa shape index (κ1) is 26.3. The number of nitrogens with zero attached hydrogens (tertiary/aromatic N) is 3. The van der Waals surface area contributed by atoms with Gasteiger partial charge in [-0.05, 0) is 42.0 Å². The number of amides is 2. The van der Waals surface area contributed by atoms with E-state index in [9.17, 15) is 14.4 Å². The van der Waals surface area contributed by atoms with Crippen LogP contribution in [0.2, 0.25) is 0 Å². The second kappa shape index (κ2) is 12.4. The summed E-state index contributed by atoms with van der Waals surface area (Å²) in [6, 6.07) is 11.3. The maximum Gasteiger partial charge on any atom is 0.335 e. The number of benzene rings is 2. The second-order valence-electron chi connectivity index (χ2n) is 7.35. The summed E-state index contributed by atoms with van der Waals surface area (Å²) in [4.78, 5) is 35.5.